The Morgan fingerprint density at radius 3 is 2.80 bits per heavy atom. The Hall–Kier alpha value is -1.10. The molecule has 0 aromatic carbocycles. The van der Waals surface area contributed by atoms with Crippen LogP contribution in [-0.4, -0.2) is 21.7 Å². The van der Waals surface area contributed by atoms with E-state index in [9.17, 15) is 4.79 Å². The first-order valence-electron chi connectivity index (χ1n) is 2.41. The summed E-state index contributed by atoms with van der Waals surface area (Å²) >= 11 is 0. The molecule has 0 saturated carbocycles. The molecule has 1 aromatic heterocycles. The maximum Gasteiger partial charge on any atom is 0.368 e. The highest BCUT2D eigenvalue weighted by molar-refractivity contribution is 5.85. The van der Waals surface area contributed by atoms with Crippen LogP contribution in [0.2, 0.25) is 0 Å². The SMILES string of the molecule is CNn1cncnc1=O.Cl. The number of hydrogen-bond acceptors (Lipinski definition) is 4. The molecule has 0 radical (unpaired) electrons. The first-order valence-corrected chi connectivity index (χ1v) is 2.41. The molecule has 0 amide bonds. The van der Waals surface area contributed by atoms with E-state index in [-0.39, 0.29) is 18.1 Å². The van der Waals surface area contributed by atoms with E-state index in [0.29, 0.717) is 0 Å². The summed E-state index contributed by atoms with van der Waals surface area (Å²) in [5, 5.41) is 0. The predicted molar refractivity (Wildman–Crippen MR) is 38.8 cm³/mol. The molecule has 0 unspecified atom stereocenters. The molecule has 56 valence electrons. The first-order chi connectivity index (χ1) is 4.34. The number of hydrogen-bond donors (Lipinski definition) is 1. The summed E-state index contributed by atoms with van der Waals surface area (Å²) in [5.41, 5.74) is 2.22. The van der Waals surface area contributed by atoms with Crippen LogP contribution in [0.1, 0.15) is 0 Å². The minimum absolute atomic E-state index is 0. The zero-order valence-corrected chi connectivity index (χ0v) is 6.13. The molecular weight excluding hydrogens is 156 g/mol. The van der Waals surface area contributed by atoms with E-state index in [2.05, 4.69) is 15.4 Å². The van der Waals surface area contributed by atoms with Gasteiger partial charge in [0.25, 0.3) is 0 Å². The lowest BCUT2D eigenvalue weighted by Gasteiger charge is -1.97. The predicted octanol–water partition coefficient (Wildman–Crippen LogP) is -0.767. The van der Waals surface area contributed by atoms with Gasteiger partial charge in [0.2, 0.25) is 0 Å². The molecular formula is C4H7ClN4O. The van der Waals surface area contributed by atoms with Crippen LogP contribution in [0.15, 0.2) is 17.4 Å². The van der Waals surface area contributed by atoms with E-state index in [4.69, 9.17) is 0 Å². The standard InChI is InChI=1S/C4H6N4O.ClH/c1-5-8-3-6-2-7-4(8)9;/h2-3,5H,1H3;1H. The lowest BCUT2D eigenvalue weighted by molar-refractivity contribution is 0.782. The zero-order valence-electron chi connectivity index (χ0n) is 5.31. The van der Waals surface area contributed by atoms with Crippen LogP contribution in [-0.2, 0) is 0 Å². The second-order valence-electron chi connectivity index (χ2n) is 1.39. The van der Waals surface area contributed by atoms with Crippen molar-refractivity contribution < 1.29 is 0 Å². The molecule has 1 N–H and O–H groups in total. The molecule has 1 rings (SSSR count). The van der Waals surface area contributed by atoms with E-state index in [1.807, 2.05) is 0 Å². The highest BCUT2D eigenvalue weighted by atomic mass is 35.5. The fourth-order valence-electron chi connectivity index (χ4n) is 0.444. The average Bonchev–Trinajstić information content (AvgIpc) is 1.89. The summed E-state index contributed by atoms with van der Waals surface area (Å²) in [6.45, 7) is 0. The van der Waals surface area contributed by atoms with Gasteiger partial charge in [-0.2, -0.15) is 9.66 Å². The molecule has 6 heteroatoms. The van der Waals surface area contributed by atoms with Gasteiger partial charge in [-0.05, 0) is 0 Å². The number of nitrogens with one attached hydrogen (secondary N) is 1. The number of rotatable bonds is 1. The molecule has 1 aromatic rings. The third-order valence-corrected chi connectivity index (χ3v) is 0.864. The summed E-state index contributed by atoms with van der Waals surface area (Å²) in [7, 11) is 1.62. The number of aromatic nitrogens is 3. The fraction of sp³-hybridized carbons (Fsp3) is 0.250. The Morgan fingerprint density at radius 1 is 1.70 bits per heavy atom. The van der Waals surface area contributed by atoms with Crippen molar-refractivity contribution in [1.29, 1.82) is 0 Å². The van der Waals surface area contributed by atoms with E-state index in [1.54, 1.807) is 7.05 Å². The van der Waals surface area contributed by atoms with Crippen molar-refractivity contribution in [2.45, 2.75) is 0 Å². The summed E-state index contributed by atoms with van der Waals surface area (Å²) in [6, 6.07) is 0. The van der Waals surface area contributed by atoms with Crippen molar-refractivity contribution in [2.75, 3.05) is 12.5 Å². The van der Waals surface area contributed by atoms with Gasteiger partial charge in [-0.3, -0.25) is 0 Å². The largest absolute Gasteiger partial charge is 0.368 e. The van der Waals surface area contributed by atoms with Crippen molar-refractivity contribution >= 4 is 12.4 Å². The lowest BCUT2D eigenvalue weighted by Crippen LogP contribution is -2.28. The van der Waals surface area contributed by atoms with Crippen molar-refractivity contribution in [3.63, 3.8) is 0 Å². The van der Waals surface area contributed by atoms with Crippen LogP contribution in [0.4, 0.5) is 0 Å². The van der Waals surface area contributed by atoms with Crippen molar-refractivity contribution in [2.24, 2.45) is 0 Å². The maximum atomic E-state index is 10.6. The number of nitrogens with zero attached hydrogens (tertiary/aromatic N) is 3. The highest BCUT2D eigenvalue weighted by Crippen LogP contribution is 1.61. The second kappa shape index (κ2) is 3.84. The van der Waals surface area contributed by atoms with Crippen LogP contribution >= 0.6 is 12.4 Å². The molecule has 5 nitrogen and oxygen atoms in total. The molecule has 0 aliphatic carbocycles. The Balaban J connectivity index is 0.000000810. The van der Waals surface area contributed by atoms with Gasteiger partial charge in [-0.25, -0.2) is 9.78 Å². The Bertz CT molecular complexity index is 247. The minimum Gasteiger partial charge on any atom is -0.324 e. The van der Waals surface area contributed by atoms with Crippen LogP contribution in [0.5, 0.6) is 0 Å². The quantitative estimate of drug-likeness (QED) is 0.590. The van der Waals surface area contributed by atoms with Gasteiger partial charge >= 0.3 is 5.69 Å². The first kappa shape index (κ1) is 8.90. The normalized spacial score (nSPS) is 8.10. The molecule has 0 saturated heterocycles. The molecule has 0 aliphatic heterocycles. The van der Waals surface area contributed by atoms with Crippen LogP contribution in [0.25, 0.3) is 0 Å². The summed E-state index contributed by atoms with van der Waals surface area (Å²) in [4.78, 5) is 17.6. The second-order valence-corrected chi connectivity index (χ2v) is 1.39. The van der Waals surface area contributed by atoms with Crippen molar-refractivity contribution in [3.05, 3.63) is 23.1 Å². The Morgan fingerprint density at radius 2 is 2.40 bits per heavy atom. The van der Waals surface area contributed by atoms with Gasteiger partial charge in [-0.1, -0.05) is 0 Å². The van der Waals surface area contributed by atoms with E-state index >= 15 is 0 Å². The third-order valence-electron chi connectivity index (χ3n) is 0.864. The van der Waals surface area contributed by atoms with E-state index in [1.165, 1.54) is 17.3 Å². The maximum absolute atomic E-state index is 10.6. The third kappa shape index (κ3) is 1.70. The van der Waals surface area contributed by atoms with Crippen molar-refractivity contribution in [3.8, 4) is 0 Å². The summed E-state index contributed by atoms with van der Waals surface area (Å²) in [5.74, 6) is 0. The van der Waals surface area contributed by atoms with E-state index in [0.717, 1.165) is 0 Å². The Labute approximate surface area is 63.5 Å². The van der Waals surface area contributed by atoms with Crippen LogP contribution in [0, 0.1) is 0 Å². The molecule has 0 fully saturated rings. The number of halogens is 1. The van der Waals surface area contributed by atoms with Gasteiger partial charge in [0.05, 0.1) is 0 Å². The summed E-state index contributed by atoms with van der Waals surface area (Å²) < 4.78 is 1.18. The zero-order chi connectivity index (χ0) is 6.69. The van der Waals surface area contributed by atoms with Crippen molar-refractivity contribution in [1.82, 2.24) is 14.6 Å². The van der Waals surface area contributed by atoms with Gasteiger partial charge in [-0.15, -0.1) is 12.4 Å². The monoisotopic (exact) mass is 162 g/mol. The molecule has 0 bridgehead atoms. The van der Waals surface area contributed by atoms with Gasteiger partial charge in [0.15, 0.2) is 0 Å². The molecule has 10 heavy (non-hydrogen) atoms. The minimum atomic E-state index is -0.354. The van der Waals surface area contributed by atoms with Crippen LogP contribution < -0.4 is 11.1 Å². The molecule has 1 heterocycles. The molecule has 0 aliphatic rings. The Kier molecular flexibility index (Phi) is 3.42. The topological polar surface area (TPSA) is 59.8 Å². The van der Waals surface area contributed by atoms with Crippen LogP contribution in [0.3, 0.4) is 0 Å². The fourth-order valence-corrected chi connectivity index (χ4v) is 0.444. The highest BCUT2D eigenvalue weighted by Gasteiger charge is 1.86. The lowest BCUT2D eigenvalue weighted by atomic mass is 11.0. The van der Waals surface area contributed by atoms with Gasteiger partial charge < -0.3 is 5.43 Å². The van der Waals surface area contributed by atoms with E-state index < -0.39 is 0 Å². The molecule has 0 atom stereocenters. The summed E-state index contributed by atoms with van der Waals surface area (Å²) in [6.07, 6.45) is 2.56. The smallest absolute Gasteiger partial charge is 0.324 e. The van der Waals surface area contributed by atoms with Gasteiger partial charge in [0, 0.05) is 7.05 Å². The van der Waals surface area contributed by atoms with Gasteiger partial charge in [0.1, 0.15) is 12.7 Å². The molecule has 0 spiro atoms. The average molecular weight is 163 g/mol.